The van der Waals surface area contributed by atoms with Crippen LogP contribution in [0.5, 0.6) is 0 Å². The molecule has 1 aliphatic heterocycles. The molecule has 1 heterocycles. The molecule has 1 aliphatic rings. The molecule has 1 aromatic rings. The van der Waals surface area contributed by atoms with Gasteiger partial charge in [0, 0.05) is 12.1 Å². The summed E-state index contributed by atoms with van der Waals surface area (Å²) < 4.78 is 5.21. The fraction of sp³-hybridized carbons (Fsp3) is 0.385. The van der Waals surface area contributed by atoms with Crippen molar-refractivity contribution in [2.75, 3.05) is 13.1 Å². The van der Waals surface area contributed by atoms with Crippen LogP contribution in [0.4, 0.5) is 0 Å². The number of carbonyl (C=O) groups is 1. The van der Waals surface area contributed by atoms with Gasteiger partial charge >= 0.3 is 5.97 Å². The van der Waals surface area contributed by atoms with Gasteiger partial charge in [-0.25, -0.2) is 4.79 Å². The molecule has 1 atom stereocenters. The second-order valence-corrected chi connectivity index (χ2v) is 4.15. The zero-order valence-corrected chi connectivity index (χ0v) is 10.2. The summed E-state index contributed by atoms with van der Waals surface area (Å²) in [7, 11) is 0. The van der Waals surface area contributed by atoms with Crippen LogP contribution in [0.1, 0.15) is 18.1 Å². The second-order valence-electron chi connectivity index (χ2n) is 4.15. The Morgan fingerprint density at radius 2 is 2.22 bits per heavy atom. The van der Waals surface area contributed by atoms with Gasteiger partial charge in [0.05, 0.1) is 13.2 Å². The summed E-state index contributed by atoms with van der Waals surface area (Å²) >= 11 is 0. The van der Waals surface area contributed by atoms with Gasteiger partial charge in [-0.2, -0.15) is 0 Å². The Morgan fingerprint density at radius 1 is 1.50 bits per heavy atom. The maximum Gasteiger partial charge on any atom is 0.332 e. The number of benzene rings is 1. The minimum Gasteiger partial charge on any atom is -0.479 e. The zero-order chi connectivity index (χ0) is 13.0. The van der Waals surface area contributed by atoms with Crippen LogP contribution in [0.25, 0.3) is 0 Å². The summed E-state index contributed by atoms with van der Waals surface area (Å²) in [4.78, 5) is 14.9. The number of amidine groups is 1. The summed E-state index contributed by atoms with van der Waals surface area (Å²) in [5, 5.41) is 11.9. The summed E-state index contributed by atoms with van der Waals surface area (Å²) in [6.07, 6.45) is -0.787. The van der Waals surface area contributed by atoms with Gasteiger partial charge in [-0.3, -0.25) is 4.99 Å². The highest BCUT2D eigenvalue weighted by Gasteiger charge is 2.11. The maximum atomic E-state index is 10.6. The lowest BCUT2D eigenvalue weighted by molar-refractivity contribution is -0.149. The predicted octanol–water partition coefficient (Wildman–Crippen LogP) is 1.03. The predicted molar refractivity (Wildman–Crippen MR) is 67.7 cm³/mol. The van der Waals surface area contributed by atoms with Crippen LogP contribution >= 0.6 is 0 Å². The van der Waals surface area contributed by atoms with Crippen LogP contribution in [0, 0.1) is 0 Å². The fourth-order valence-electron chi connectivity index (χ4n) is 1.64. The molecular formula is C13H16N2O3. The molecule has 2 rings (SSSR count). The smallest absolute Gasteiger partial charge is 0.332 e. The number of hydrogen-bond acceptors (Lipinski definition) is 4. The number of rotatable bonds is 5. The van der Waals surface area contributed by atoms with Crippen LogP contribution in [0.3, 0.4) is 0 Å². The highest BCUT2D eigenvalue weighted by atomic mass is 16.5. The number of nitrogens with one attached hydrogen (secondary N) is 1. The van der Waals surface area contributed by atoms with Crippen LogP contribution in [-0.2, 0) is 16.1 Å². The molecule has 0 fully saturated rings. The molecule has 0 aliphatic carbocycles. The van der Waals surface area contributed by atoms with E-state index in [9.17, 15) is 4.79 Å². The molecule has 0 amide bonds. The largest absolute Gasteiger partial charge is 0.479 e. The zero-order valence-electron chi connectivity index (χ0n) is 10.2. The normalized spacial score (nSPS) is 15.9. The van der Waals surface area contributed by atoms with Gasteiger partial charge in [-0.1, -0.05) is 24.3 Å². The van der Waals surface area contributed by atoms with Crippen molar-refractivity contribution in [2.45, 2.75) is 19.6 Å². The number of carboxylic acids is 1. The minimum absolute atomic E-state index is 0.299. The summed E-state index contributed by atoms with van der Waals surface area (Å²) in [6.45, 7) is 3.52. The van der Waals surface area contributed by atoms with E-state index in [0.717, 1.165) is 30.1 Å². The minimum atomic E-state index is -0.948. The SMILES string of the molecule is CC(OCc1ccc(C2=NCCN2)cc1)C(=O)O. The molecule has 1 aromatic carbocycles. The van der Waals surface area contributed by atoms with E-state index >= 15 is 0 Å². The van der Waals surface area contributed by atoms with Gasteiger partial charge in [0.25, 0.3) is 0 Å². The molecule has 18 heavy (non-hydrogen) atoms. The molecule has 5 heteroatoms. The lowest BCUT2D eigenvalue weighted by Crippen LogP contribution is -2.20. The van der Waals surface area contributed by atoms with E-state index in [1.807, 2.05) is 24.3 Å². The Balaban J connectivity index is 1.93. The molecule has 1 unspecified atom stereocenters. The van der Waals surface area contributed by atoms with Gasteiger partial charge in [0.15, 0.2) is 6.10 Å². The molecule has 0 saturated carbocycles. The summed E-state index contributed by atoms with van der Waals surface area (Å²) in [5.74, 6) is -0.0301. The van der Waals surface area contributed by atoms with E-state index in [1.165, 1.54) is 6.92 Å². The first kappa shape index (κ1) is 12.6. The Hall–Kier alpha value is -1.88. The standard InChI is InChI=1S/C13H16N2O3/c1-9(13(16)17)18-8-10-2-4-11(5-3-10)12-14-6-7-15-12/h2-5,9H,6-8H2,1H3,(H,14,15)(H,16,17). The van der Waals surface area contributed by atoms with Crippen molar-refractivity contribution in [3.05, 3.63) is 35.4 Å². The van der Waals surface area contributed by atoms with Gasteiger partial charge in [0.1, 0.15) is 5.84 Å². The van der Waals surface area contributed by atoms with E-state index in [0.29, 0.717) is 6.61 Å². The summed E-state index contributed by atoms with van der Waals surface area (Å²) in [6, 6.07) is 7.77. The van der Waals surface area contributed by atoms with Crippen molar-refractivity contribution in [1.29, 1.82) is 0 Å². The quantitative estimate of drug-likeness (QED) is 0.816. The summed E-state index contributed by atoms with van der Waals surface area (Å²) in [5.41, 5.74) is 1.99. The number of hydrogen-bond donors (Lipinski definition) is 2. The average molecular weight is 248 g/mol. The molecule has 96 valence electrons. The van der Waals surface area contributed by atoms with E-state index < -0.39 is 12.1 Å². The maximum absolute atomic E-state index is 10.6. The van der Waals surface area contributed by atoms with Crippen LogP contribution < -0.4 is 5.32 Å². The Bertz CT molecular complexity index is 454. The Morgan fingerprint density at radius 3 is 2.78 bits per heavy atom. The first-order valence-corrected chi connectivity index (χ1v) is 5.89. The molecule has 0 saturated heterocycles. The number of nitrogens with zero attached hydrogens (tertiary/aromatic N) is 1. The average Bonchev–Trinajstić information content (AvgIpc) is 2.90. The molecular weight excluding hydrogens is 232 g/mol. The van der Waals surface area contributed by atoms with E-state index in [-0.39, 0.29) is 0 Å². The lowest BCUT2D eigenvalue weighted by Gasteiger charge is -2.09. The van der Waals surface area contributed by atoms with Crippen molar-refractivity contribution in [3.63, 3.8) is 0 Å². The molecule has 0 radical (unpaired) electrons. The highest BCUT2D eigenvalue weighted by Crippen LogP contribution is 2.09. The van der Waals surface area contributed by atoms with Gasteiger partial charge < -0.3 is 15.2 Å². The lowest BCUT2D eigenvalue weighted by atomic mass is 10.1. The van der Waals surface area contributed by atoms with Crippen molar-refractivity contribution in [1.82, 2.24) is 5.32 Å². The number of aliphatic carboxylic acids is 1. The van der Waals surface area contributed by atoms with E-state index in [2.05, 4.69) is 10.3 Å². The second kappa shape index (κ2) is 5.64. The van der Waals surface area contributed by atoms with Crippen molar-refractivity contribution in [3.8, 4) is 0 Å². The molecule has 0 bridgehead atoms. The van der Waals surface area contributed by atoms with Crippen LogP contribution in [0.2, 0.25) is 0 Å². The first-order valence-electron chi connectivity index (χ1n) is 5.89. The van der Waals surface area contributed by atoms with E-state index in [1.54, 1.807) is 0 Å². The fourth-order valence-corrected chi connectivity index (χ4v) is 1.64. The van der Waals surface area contributed by atoms with E-state index in [4.69, 9.17) is 9.84 Å². The Labute approximate surface area is 105 Å². The van der Waals surface area contributed by atoms with Crippen molar-refractivity contribution < 1.29 is 14.6 Å². The van der Waals surface area contributed by atoms with Gasteiger partial charge in [-0.15, -0.1) is 0 Å². The van der Waals surface area contributed by atoms with Crippen molar-refractivity contribution >= 4 is 11.8 Å². The molecule has 0 aromatic heterocycles. The van der Waals surface area contributed by atoms with Gasteiger partial charge in [-0.05, 0) is 12.5 Å². The third kappa shape index (κ3) is 3.07. The van der Waals surface area contributed by atoms with Crippen LogP contribution in [0.15, 0.2) is 29.3 Å². The van der Waals surface area contributed by atoms with Crippen molar-refractivity contribution in [2.24, 2.45) is 4.99 Å². The Kier molecular flexibility index (Phi) is 3.94. The number of carboxylic acid groups (broad SMARTS) is 1. The van der Waals surface area contributed by atoms with Gasteiger partial charge in [0.2, 0.25) is 0 Å². The third-order valence-corrected chi connectivity index (χ3v) is 2.75. The molecule has 0 spiro atoms. The third-order valence-electron chi connectivity index (χ3n) is 2.75. The number of ether oxygens (including phenoxy) is 1. The molecule has 5 nitrogen and oxygen atoms in total. The number of aliphatic imine (C=N–C) groups is 1. The first-order chi connectivity index (χ1) is 8.66. The highest BCUT2D eigenvalue weighted by molar-refractivity contribution is 5.99. The monoisotopic (exact) mass is 248 g/mol. The van der Waals surface area contributed by atoms with Crippen LogP contribution in [-0.4, -0.2) is 36.1 Å². The molecule has 2 N–H and O–H groups in total. The topological polar surface area (TPSA) is 70.9 Å².